The van der Waals surface area contributed by atoms with Crippen molar-refractivity contribution in [2.45, 2.75) is 6.04 Å². The molecule has 0 radical (unpaired) electrons. The predicted molar refractivity (Wildman–Crippen MR) is 79.8 cm³/mol. The highest BCUT2D eigenvalue weighted by atomic mass is 35.5. The molecule has 2 rings (SSSR count). The van der Waals surface area contributed by atoms with E-state index in [9.17, 15) is 4.39 Å². The molecule has 0 aliphatic rings. The molecule has 2 aromatic carbocycles. The van der Waals surface area contributed by atoms with Gasteiger partial charge in [0.25, 0.3) is 0 Å². The number of methoxy groups -OCH3 is 1. The predicted octanol–water partition coefficient (Wildman–Crippen LogP) is 3.60. The van der Waals surface area contributed by atoms with Crippen LogP contribution in [0.2, 0.25) is 5.02 Å². The lowest BCUT2D eigenvalue weighted by Crippen LogP contribution is -2.21. The average Bonchev–Trinajstić information content (AvgIpc) is 2.48. The maximum atomic E-state index is 14.0. The van der Waals surface area contributed by atoms with Crippen LogP contribution in [-0.4, -0.2) is 13.7 Å². The Kier molecular flexibility index (Phi) is 4.82. The summed E-state index contributed by atoms with van der Waals surface area (Å²) in [7, 11) is 1.59. The summed E-state index contributed by atoms with van der Waals surface area (Å²) >= 11 is 5.80. The number of hydrogen-bond acceptors (Lipinski definition) is 3. The average molecular weight is 295 g/mol. The van der Waals surface area contributed by atoms with Crippen molar-refractivity contribution >= 4 is 17.3 Å². The minimum atomic E-state index is -0.444. The number of benzene rings is 2. The highest BCUT2D eigenvalue weighted by Crippen LogP contribution is 2.27. The summed E-state index contributed by atoms with van der Waals surface area (Å²) in [5.74, 6) is 0.275. The topological polar surface area (TPSA) is 47.3 Å². The van der Waals surface area contributed by atoms with Crippen LogP contribution in [0.5, 0.6) is 5.75 Å². The summed E-state index contributed by atoms with van der Waals surface area (Å²) in [6.07, 6.45) is 0. The molecule has 0 spiro atoms. The molecule has 20 heavy (non-hydrogen) atoms. The molecule has 0 saturated carbocycles. The van der Waals surface area contributed by atoms with Crippen molar-refractivity contribution in [2.75, 3.05) is 19.0 Å². The van der Waals surface area contributed by atoms with E-state index in [0.717, 1.165) is 11.4 Å². The molecule has 3 N–H and O–H groups in total. The molecule has 2 aromatic rings. The van der Waals surface area contributed by atoms with Gasteiger partial charge in [-0.1, -0.05) is 29.8 Å². The number of nitrogens with two attached hydrogens (primary N) is 1. The van der Waals surface area contributed by atoms with Crippen LogP contribution in [0.1, 0.15) is 11.6 Å². The van der Waals surface area contributed by atoms with Crippen LogP contribution in [-0.2, 0) is 0 Å². The highest BCUT2D eigenvalue weighted by Gasteiger charge is 2.16. The van der Waals surface area contributed by atoms with Crippen molar-refractivity contribution in [3.05, 3.63) is 58.9 Å². The van der Waals surface area contributed by atoms with Gasteiger partial charge in [0, 0.05) is 23.9 Å². The second-order valence-electron chi connectivity index (χ2n) is 4.31. The van der Waals surface area contributed by atoms with Gasteiger partial charge in [-0.25, -0.2) is 4.39 Å². The molecule has 0 bridgehead atoms. The number of ether oxygens (including phenoxy) is 1. The van der Waals surface area contributed by atoms with Crippen molar-refractivity contribution in [3.8, 4) is 5.75 Å². The summed E-state index contributed by atoms with van der Waals surface area (Å²) in [6, 6.07) is 11.9. The summed E-state index contributed by atoms with van der Waals surface area (Å²) < 4.78 is 19.2. The number of anilines is 1. The zero-order valence-corrected chi connectivity index (χ0v) is 11.8. The first-order chi connectivity index (χ1) is 9.65. The third-order valence-corrected chi connectivity index (χ3v) is 3.30. The van der Waals surface area contributed by atoms with Crippen molar-refractivity contribution in [1.29, 1.82) is 0 Å². The van der Waals surface area contributed by atoms with Gasteiger partial charge in [0.05, 0.1) is 18.2 Å². The van der Waals surface area contributed by atoms with E-state index in [1.54, 1.807) is 19.2 Å². The third kappa shape index (κ3) is 3.21. The molecule has 1 atom stereocenters. The number of halogens is 2. The van der Waals surface area contributed by atoms with E-state index in [4.69, 9.17) is 22.1 Å². The van der Waals surface area contributed by atoms with Gasteiger partial charge in [-0.2, -0.15) is 0 Å². The maximum absolute atomic E-state index is 14.0. The normalized spacial score (nSPS) is 12.0. The minimum Gasteiger partial charge on any atom is -0.497 e. The second-order valence-corrected chi connectivity index (χ2v) is 4.71. The van der Waals surface area contributed by atoms with E-state index in [1.165, 1.54) is 6.07 Å². The Morgan fingerprint density at radius 2 is 2.05 bits per heavy atom. The molecule has 0 aromatic heterocycles. The molecule has 1 unspecified atom stereocenters. The van der Waals surface area contributed by atoms with E-state index < -0.39 is 5.82 Å². The van der Waals surface area contributed by atoms with Gasteiger partial charge in [0.2, 0.25) is 0 Å². The van der Waals surface area contributed by atoms with Crippen molar-refractivity contribution in [3.63, 3.8) is 0 Å². The molecule has 3 nitrogen and oxygen atoms in total. The largest absolute Gasteiger partial charge is 0.497 e. The van der Waals surface area contributed by atoms with E-state index in [1.807, 2.05) is 24.3 Å². The smallest absolute Gasteiger partial charge is 0.147 e. The van der Waals surface area contributed by atoms with Crippen molar-refractivity contribution in [1.82, 2.24) is 0 Å². The van der Waals surface area contributed by atoms with Gasteiger partial charge in [0.1, 0.15) is 11.6 Å². The first-order valence-electron chi connectivity index (χ1n) is 6.20. The summed E-state index contributed by atoms with van der Waals surface area (Å²) in [5.41, 5.74) is 6.99. The lowest BCUT2D eigenvalue weighted by Gasteiger charge is -2.20. The Balaban J connectivity index is 2.26. The Bertz CT molecular complexity index is 592. The molecule has 0 aliphatic heterocycles. The quantitative estimate of drug-likeness (QED) is 0.886. The number of rotatable bonds is 5. The zero-order valence-electron chi connectivity index (χ0n) is 11.1. The Morgan fingerprint density at radius 3 is 2.75 bits per heavy atom. The van der Waals surface area contributed by atoms with Crippen LogP contribution in [0.4, 0.5) is 10.1 Å². The molecule has 0 aliphatic carbocycles. The first kappa shape index (κ1) is 14.6. The van der Waals surface area contributed by atoms with Crippen molar-refractivity contribution < 1.29 is 9.13 Å². The monoisotopic (exact) mass is 294 g/mol. The highest BCUT2D eigenvalue weighted by molar-refractivity contribution is 6.30. The van der Waals surface area contributed by atoms with Crippen LogP contribution in [0.25, 0.3) is 0 Å². The van der Waals surface area contributed by atoms with Crippen LogP contribution in [0.15, 0.2) is 42.5 Å². The van der Waals surface area contributed by atoms with Crippen LogP contribution in [0, 0.1) is 5.82 Å². The Morgan fingerprint density at radius 1 is 1.30 bits per heavy atom. The SMILES string of the molecule is COc1cccc(NC(CN)c2cccc(Cl)c2F)c1. The van der Waals surface area contributed by atoms with Gasteiger partial charge >= 0.3 is 0 Å². The lowest BCUT2D eigenvalue weighted by molar-refractivity contribution is 0.415. The third-order valence-electron chi connectivity index (χ3n) is 3.00. The van der Waals surface area contributed by atoms with Crippen LogP contribution in [0.3, 0.4) is 0 Å². The lowest BCUT2D eigenvalue weighted by atomic mass is 10.1. The molecule has 106 valence electrons. The molecular formula is C15H16ClFN2O. The van der Waals surface area contributed by atoms with Gasteiger partial charge in [-0.15, -0.1) is 0 Å². The van der Waals surface area contributed by atoms with E-state index >= 15 is 0 Å². The van der Waals surface area contributed by atoms with Crippen LogP contribution >= 0.6 is 11.6 Å². The van der Waals surface area contributed by atoms with Gasteiger partial charge < -0.3 is 15.8 Å². The number of hydrogen-bond donors (Lipinski definition) is 2. The fourth-order valence-electron chi connectivity index (χ4n) is 1.97. The summed E-state index contributed by atoms with van der Waals surface area (Å²) in [6.45, 7) is 0.245. The summed E-state index contributed by atoms with van der Waals surface area (Å²) in [5, 5.41) is 3.28. The molecule has 0 heterocycles. The molecule has 0 fully saturated rings. The fraction of sp³-hybridized carbons (Fsp3) is 0.200. The molecule has 0 saturated heterocycles. The standard InChI is InChI=1S/C15H16ClFN2O/c1-20-11-5-2-4-10(8-11)19-14(9-18)12-6-3-7-13(16)15(12)17/h2-8,14,19H,9,18H2,1H3. The molecule has 0 amide bonds. The fourth-order valence-corrected chi connectivity index (χ4v) is 2.15. The maximum Gasteiger partial charge on any atom is 0.147 e. The van der Waals surface area contributed by atoms with Crippen LogP contribution < -0.4 is 15.8 Å². The van der Waals surface area contributed by atoms with Crippen molar-refractivity contribution in [2.24, 2.45) is 5.73 Å². The Labute approximate surface area is 122 Å². The second kappa shape index (κ2) is 6.59. The van der Waals surface area contributed by atoms with E-state index in [-0.39, 0.29) is 17.6 Å². The van der Waals surface area contributed by atoms with Gasteiger partial charge in [-0.3, -0.25) is 0 Å². The first-order valence-corrected chi connectivity index (χ1v) is 6.58. The summed E-state index contributed by atoms with van der Waals surface area (Å²) in [4.78, 5) is 0. The molecule has 5 heteroatoms. The minimum absolute atomic E-state index is 0.0911. The number of nitrogens with one attached hydrogen (secondary N) is 1. The molecular weight excluding hydrogens is 279 g/mol. The van der Waals surface area contributed by atoms with Gasteiger partial charge in [-0.05, 0) is 18.2 Å². The van der Waals surface area contributed by atoms with Gasteiger partial charge in [0.15, 0.2) is 0 Å². The van der Waals surface area contributed by atoms with E-state index in [2.05, 4.69) is 5.32 Å². The zero-order chi connectivity index (χ0) is 14.5. The van der Waals surface area contributed by atoms with E-state index in [0.29, 0.717) is 5.56 Å². The Hall–Kier alpha value is -1.78.